The molecule has 0 saturated carbocycles. The predicted octanol–water partition coefficient (Wildman–Crippen LogP) is 3.33. The van der Waals surface area contributed by atoms with Crippen molar-refractivity contribution >= 4 is 46.8 Å². The molecule has 7 nitrogen and oxygen atoms in total. The number of hydrogen-bond acceptors (Lipinski definition) is 5. The lowest BCUT2D eigenvalue weighted by Crippen LogP contribution is -2.42. The summed E-state index contributed by atoms with van der Waals surface area (Å²) < 4.78 is 0. The van der Waals surface area contributed by atoms with E-state index in [4.69, 9.17) is 23.2 Å². The molecular formula is C17H13Cl2N5O2S. The van der Waals surface area contributed by atoms with Gasteiger partial charge in [-0.25, -0.2) is 4.98 Å². The first-order valence-electron chi connectivity index (χ1n) is 7.67. The van der Waals surface area contributed by atoms with Crippen LogP contribution >= 0.6 is 35.0 Å². The Balaban J connectivity index is 1.47. The number of carbonyl (C=O) groups is 2. The third kappa shape index (κ3) is 5.46. The molecule has 0 radical (unpaired) electrons. The minimum absolute atomic E-state index is 0.0405. The van der Waals surface area contributed by atoms with Gasteiger partial charge < -0.3 is 0 Å². The highest BCUT2D eigenvalue weighted by molar-refractivity contribution is 7.99. The summed E-state index contributed by atoms with van der Waals surface area (Å²) in [6.45, 7) is 0. The second kappa shape index (κ2) is 8.90. The van der Waals surface area contributed by atoms with Gasteiger partial charge in [0.1, 0.15) is 0 Å². The van der Waals surface area contributed by atoms with Gasteiger partial charge in [-0.15, -0.1) is 5.10 Å². The van der Waals surface area contributed by atoms with Crippen molar-refractivity contribution in [2.24, 2.45) is 0 Å². The van der Waals surface area contributed by atoms with Gasteiger partial charge in [0.2, 0.25) is 11.1 Å². The number of hydrazine groups is 1. The fourth-order valence-corrected chi connectivity index (χ4v) is 2.86. The molecule has 0 atom stereocenters. The van der Waals surface area contributed by atoms with E-state index in [1.54, 1.807) is 36.4 Å². The fourth-order valence-electron chi connectivity index (χ4n) is 2.01. The molecule has 27 heavy (non-hydrogen) atoms. The molecule has 1 heterocycles. The molecule has 0 fully saturated rings. The van der Waals surface area contributed by atoms with Gasteiger partial charge in [-0.05, 0) is 48.5 Å². The van der Waals surface area contributed by atoms with Gasteiger partial charge in [-0.2, -0.15) is 0 Å². The number of benzene rings is 2. The molecule has 138 valence electrons. The molecule has 0 saturated heterocycles. The highest BCUT2D eigenvalue weighted by Gasteiger charge is 2.11. The average molecular weight is 422 g/mol. The third-order valence-corrected chi connectivity index (χ3v) is 4.69. The Labute approximate surface area is 168 Å². The van der Waals surface area contributed by atoms with Crippen LogP contribution in [0.4, 0.5) is 0 Å². The second-order valence-corrected chi connectivity index (χ2v) is 7.09. The highest BCUT2D eigenvalue weighted by Crippen LogP contribution is 2.20. The minimum atomic E-state index is -0.437. The van der Waals surface area contributed by atoms with Gasteiger partial charge in [-0.1, -0.05) is 35.0 Å². The molecule has 0 bridgehead atoms. The number of thioether (sulfide) groups is 1. The van der Waals surface area contributed by atoms with Crippen LogP contribution in [0.1, 0.15) is 10.4 Å². The van der Waals surface area contributed by atoms with E-state index >= 15 is 0 Å². The number of halogens is 2. The standard InChI is InChI=1S/C17H13Cl2N5O2S/c18-12-5-1-10(2-6-12)15-20-17(24-22-15)27-9-14(25)21-23-16(26)11-3-7-13(19)8-4-11/h1-8H,9H2,(H,21,25)(H,23,26)(H,20,22,24). The van der Waals surface area contributed by atoms with E-state index in [9.17, 15) is 9.59 Å². The second-order valence-electron chi connectivity index (χ2n) is 5.27. The van der Waals surface area contributed by atoms with Gasteiger partial charge in [0.15, 0.2) is 5.82 Å². The van der Waals surface area contributed by atoms with Crippen molar-refractivity contribution in [2.75, 3.05) is 5.75 Å². The van der Waals surface area contributed by atoms with Crippen LogP contribution in [0.3, 0.4) is 0 Å². The molecule has 0 spiro atoms. The van der Waals surface area contributed by atoms with Crippen LogP contribution in [0.2, 0.25) is 10.0 Å². The number of hydrogen-bond donors (Lipinski definition) is 3. The summed E-state index contributed by atoms with van der Waals surface area (Å²) in [7, 11) is 0. The molecule has 2 aromatic carbocycles. The SMILES string of the molecule is O=C(CSc1n[nH]c(-c2ccc(Cl)cc2)n1)NNC(=O)c1ccc(Cl)cc1. The van der Waals surface area contributed by atoms with Gasteiger partial charge in [-0.3, -0.25) is 25.5 Å². The van der Waals surface area contributed by atoms with Crippen molar-refractivity contribution in [1.82, 2.24) is 26.0 Å². The predicted molar refractivity (Wildman–Crippen MR) is 105 cm³/mol. The molecule has 0 aliphatic heterocycles. The number of H-pyrrole nitrogens is 1. The molecule has 3 N–H and O–H groups in total. The zero-order chi connectivity index (χ0) is 19.2. The summed E-state index contributed by atoms with van der Waals surface area (Å²) >= 11 is 12.8. The first kappa shape index (κ1) is 19.2. The van der Waals surface area contributed by atoms with Crippen LogP contribution in [0.15, 0.2) is 53.7 Å². The van der Waals surface area contributed by atoms with Gasteiger partial charge in [0.25, 0.3) is 5.91 Å². The summed E-state index contributed by atoms with van der Waals surface area (Å²) in [4.78, 5) is 28.1. The molecule has 1 aromatic heterocycles. The lowest BCUT2D eigenvalue weighted by Gasteiger charge is -2.06. The van der Waals surface area contributed by atoms with E-state index in [2.05, 4.69) is 26.0 Å². The van der Waals surface area contributed by atoms with E-state index in [-0.39, 0.29) is 11.7 Å². The third-order valence-electron chi connectivity index (χ3n) is 3.34. The van der Waals surface area contributed by atoms with Gasteiger partial charge in [0, 0.05) is 21.2 Å². The number of nitrogens with one attached hydrogen (secondary N) is 3. The zero-order valence-corrected chi connectivity index (χ0v) is 16.0. The van der Waals surface area contributed by atoms with E-state index in [0.717, 1.165) is 17.3 Å². The highest BCUT2D eigenvalue weighted by atomic mass is 35.5. The molecule has 10 heteroatoms. The number of aromatic amines is 1. The summed E-state index contributed by atoms with van der Waals surface area (Å²) in [6, 6.07) is 13.4. The van der Waals surface area contributed by atoms with Crippen LogP contribution in [0.25, 0.3) is 11.4 Å². The molecule has 3 aromatic rings. The Hall–Kier alpha value is -2.55. The van der Waals surface area contributed by atoms with Crippen molar-refractivity contribution in [3.05, 3.63) is 64.1 Å². The monoisotopic (exact) mass is 421 g/mol. The number of aromatic nitrogens is 3. The Morgan fingerprint density at radius 1 is 0.963 bits per heavy atom. The van der Waals surface area contributed by atoms with Crippen molar-refractivity contribution in [1.29, 1.82) is 0 Å². The molecule has 3 rings (SSSR count). The van der Waals surface area contributed by atoms with E-state index in [1.165, 1.54) is 0 Å². The van der Waals surface area contributed by atoms with Crippen molar-refractivity contribution < 1.29 is 9.59 Å². The molecule has 0 aliphatic rings. The van der Waals surface area contributed by atoms with Crippen LogP contribution in [0, 0.1) is 0 Å². The van der Waals surface area contributed by atoms with Gasteiger partial charge in [0.05, 0.1) is 5.75 Å². The van der Waals surface area contributed by atoms with Gasteiger partial charge >= 0.3 is 0 Å². The smallest absolute Gasteiger partial charge is 0.269 e. The maximum atomic E-state index is 11.9. The number of nitrogens with zero attached hydrogens (tertiary/aromatic N) is 2. The normalized spacial score (nSPS) is 10.4. The van der Waals surface area contributed by atoms with Crippen molar-refractivity contribution in [3.8, 4) is 11.4 Å². The van der Waals surface area contributed by atoms with Crippen LogP contribution in [0.5, 0.6) is 0 Å². The minimum Gasteiger partial charge on any atom is -0.272 e. The average Bonchev–Trinajstić information content (AvgIpc) is 3.14. The fraction of sp³-hybridized carbons (Fsp3) is 0.0588. The van der Waals surface area contributed by atoms with Crippen molar-refractivity contribution in [2.45, 2.75) is 5.16 Å². The molecule has 0 unspecified atom stereocenters. The lowest BCUT2D eigenvalue weighted by molar-refractivity contribution is -0.119. The Morgan fingerprint density at radius 2 is 1.59 bits per heavy atom. The van der Waals surface area contributed by atoms with E-state index < -0.39 is 5.91 Å². The molecule has 2 amide bonds. The number of carbonyl (C=O) groups excluding carboxylic acids is 2. The van der Waals surface area contributed by atoms with Crippen molar-refractivity contribution in [3.63, 3.8) is 0 Å². The Kier molecular flexibility index (Phi) is 6.33. The Morgan fingerprint density at radius 3 is 2.26 bits per heavy atom. The van der Waals surface area contributed by atoms with Crippen LogP contribution in [-0.2, 0) is 4.79 Å². The maximum absolute atomic E-state index is 11.9. The van der Waals surface area contributed by atoms with E-state index in [0.29, 0.717) is 26.6 Å². The summed E-state index contributed by atoms with van der Waals surface area (Å²) in [5, 5.41) is 8.43. The zero-order valence-electron chi connectivity index (χ0n) is 13.7. The quantitative estimate of drug-likeness (QED) is 0.433. The first-order valence-corrected chi connectivity index (χ1v) is 9.41. The molecule has 0 aliphatic carbocycles. The van der Waals surface area contributed by atoms with Crippen LogP contribution in [-0.4, -0.2) is 32.7 Å². The first-order chi connectivity index (χ1) is 13.0. The maximum Gasteiger partial charge on any atom is 0.269 e. The number of rotatable bonds is 5. The summed E-state index contributed by atoms with van der Waals surface area (Å²) in [6.07, 6.45) is 0. The topological polar surface area (TPSA) is 99.8 Å². The summed E-state index contributed by atoms with van der Waals surface area (Å²) in [5.41, 5.74) is 5.89. The van der Waals surface area contributed by atoms with E-state index in [1.807, 2.05) is 12.1 Å². The lowest BCUT2D eigenvalue weighted by atomic mass is 10.2. The van der Waals surface area contributed by atoms with Crippen LogP contribution < -0.4 is 10.9 Å². The summed E-state index contributed by atoms with van der Waals surface area (Å²) in [5.74, 6) is -0.211. The molecular weight excluding hydrogens is 409 g/mol. The Bertz CT molecular complexity index is 945. The number of amides is 2. The largest absolute Gasteiger partial charge is 0.272 e.